The second-order valence-electron chi connectivity index (χ2n) is 3.07. The number of halogens is 1. The van der Waals surface area contributed by atoms with Gasteiger partial charge in [-0.15, -0.1) is 0 Å². The van der Waals surface area contributed by atoms with Crippen LogP contribution in [0.2, 0.25) is 0 Å². The predicted octanol–water partition coefficient (Wildman–Crippen LogP) is 1.33. The highest BCUT2D eigenvalue weighted by Crippen LogP contribution is 2.11. The van der Waals surface area contributed by atoms with Crippen molar-refractivity contribution in [3.8, 4) is 5.75 Å². The van der Waals surface area contributed by atoms with Gasteiger partial charge in [-0.1, -0.05) is 6.92 Å². The van der Waals surface area contributed by atoms with Crippen LogP contribution in [0.5, 0.6) is 5.75 Å². The number of carbonyl (C=O) groups excluding carboxylic acids is 1. The van der Waals surface area contributed by atoms with Crippen molar-refractivity contribution in [2.24, 2.45) is 11.7 Å². The van der Waals surface area contributed by atoms with Crippen LogP contribution in [0.3, 0.4) is 0 Å². The Bertz CT molecular complexity index is 310. The summed E-state index contributed by atoms with van der Waals surface area (Å²) >= 11 is 0. The number of hydrogen-bond donors (Lipinski definition) is 1. The lowest BCUT2D eigenvalue weighted by atomic mass is 10.2. The minimum atomic E-state index is -0.410. The molecule has 3 nitrogen and oxygen atoms in total. The fourth-order valence-corrected chi connectivity index (χ4v) is 0.834. The molecule has 0 aliphatic rings. The third-order valence-electron chi connectivity index (χ3n) is 1.80. The molecule has 1 aromatic rings. The summed E-state index contributed by atoms with van der Waals surface area (Å²) in [6.45, 7) is 1.88. The van der Waals surface area contributed by atoms with Crippen molar-refractivity contribution in [3.05, 3.63) is 30.1 Å². The van der Waals surface area contributed by atoms with Crippen molar-refractivity contribution in [3.63, 3.8) is 0 Å². The number of rotatable bonds is 4. The molecule has 2 N–H and O–H groups in total. The van der Waals surface area contributed by atoms with Gasteiger partial charge in [0.2, 0.25) is 5.91 Å². The first-order valence-electron chi connectivity index (χ1n) is 4.27. The van der Waals surface area contributed by atoms with Crippen molar-refractivity contribution in [1.82, 2.24) is 0 Å². The summed E-state index contributed by atoms with van der Waals surface area (Å²) in [5.41, 5.74) is 5.05. The number of ether oxygens (including phenoxy) is 1. The van der Waals surface area contributed by atoms with Crippen molar-refractivity contribution in [2.45, 2.75) is 6.92 Å². The molecular weight excluding hydrogens is 185 g/mol. The largest absolute Gasteiger partial charge is 0.493 e. The van der Waals surface area contributed by atoms with E-state index in [0.717, 1.165) is 0 Å². The van der Waals surface area contributed by atoms with Crippen molar-refractivity contribution < 1.29 is 13.9 Å². The number of carbonyl (C=O) groups is 1. The van der Waals surface area contributed by atoms with Crippen LogP contribution in [0.1, 0.15) is 6.92 Å². The van der Waals surface area contributed by atoms with E-state index >= 15 is 0 Å². The lowest BCUT2D eigenvalue weighted by Gasteiger charge is -2.09. The molecule has 1 amide bonds. The Balaban J connectivity index is 2.46. The number of primary amides is 1. The summed E-state index contributed by atoms with van der Waals surface area (Å²) in [6.07, 6.45) is 0. The highest BCUT2D eigenvalue weighted by atomic mass is 19.1. The van der Waals surface area contributed by atoms with Gasteiger partial charge in [-0.25, -0.2) is 4.39 Å². The van der Waals surface area contributed by atoms with E-state index in [0.29, 0.717) is 5.75 Å². The molecule has 1 aromatic carbocycles. The second kappa shape index (κ2) is 4.60. The molecule has 14 heavy (non-hydrogen) atoms. The van der Waals surface area contributed by atoms with E-state index in [1.807, 2.05) is 0 Å². The van der Waals surface area contributed by atoms with Crippen LogP contribution >= 0.6 is 0 Å². The lowest BCUT2D eigenvalue weighted by molar-refractivity contribution is -0.122. The number of amides is 1. The van der Waals surface area contributed by atoms with Gasteiger partial charge in [0.05, 0.1) is 12.5 Å². The van der Waals surface area contributed by atoms with Gasteiger partial charge >= 0.3 is 0 Å². The maximum atomic E-state index is 12.5. The zero-order chi connectivity index (χ0) is 10.6. The van der Waals surface area contributed by atoms with Crippen molar-refractivity contribution in [1.29, 1.82) is 0 Å². The molecule has 0 radical (unpaired) electrons. The SMILES string of the molecule is CC(COc1ccc(F)cc1)C(N)=O. The Morgan fingerprint density at radius 2 is 2.07 bits per heavy atom. The molecular formula is C10H12FNO2. The second-order valence-corrected chi connectivity index (χ2v) is 3.07. The normalized spacial score (nSPS) is 12.1. The van der Waals surface area contributed by atoms with Crippen LogP contribution in [0, 0.1) is 11.7 Å². The Labute approximate surface area is 81.7 Å². The minimum absolute atomic E-state index is 0.209. The quantitative estimate of drug-likeness (QED) is 0.791. The van der Waals surface area contributed by atoms with E-state index in [9.17, 15) is 9.18 Å². The molecule has 1 atom stereocenters. The van der Waals surface area contributed by atoms with Crippen LogP contribution in [-0.4, -0.2) is 12.5 Å². The van der Waals surface area contributed by atoms with E-state index in [1.54, 1.807) is 6.92 Å². The average molecular weight is 197 g/mol. The Kier molecular flexibility index (Phi) is 3.45. The molecule has 1 unspecified atom stereocenters. The molecule has 1 rings (SSSR count). The van der Waals surface area contributed by atoms with E-state index in [4.69, 9.17) is 10.5 Å². The summed E-state index contributed by atoms with van der Waals surface area (Å²) < 4.78 is 17.7. The van der Waals surface area contributed by atoms with Gasteiger partial charge in [-0.05, 0) is 24.3 Å². The molecule has 0 saturated heterocycles. The molecule has 0 bridgehead atoms. The highest BCUT2D eigenvalue weighted by molar-refractivity contribution is 5.76. The lowest BCUT2D eigenvalue weighted by Crippen LogP contribution is -2.25. The first kappa shape index (κ1) is 10.5. The van der Waals surface area contributed by atoms with Gasteiger partial charge in [0.25, 0.3) is 0 Å². The monoisotopic (exact) mass is 197 g/mol. The molecule has 0 saturated carbocycles. The Morgan fingerprint density at radius 3 is 2.57 bits per heavy atom. The van der Waals surface area contributed by atoms with Gasteiger partial charge in [0, 0.05) is 0 Å². The third kappa shape index (κ3) is 3.05. The molecule has 0 aliphatic carbocycles. The van der Waals surface area contributed by atoms with Gasteiger partial charge in [0.1, 0.15) is 11.6 Å². The molecule has 0 spiro atoms. The zero-order valence-electron chi connectivity index (χ0n) is 7.87. The van der Waals surface area contributed by atoms with Gasteiger partial charge in [-0.2, -0.15) is 0 Å². The molecule has 0 aliphatic heterocycles. The van der Waals surface area contributed by atoms with Crippen molar-refractivity contribution in [2.75, 3.05) is 6.61 Å². The molecule has 4 heteroatoms. The summed E-state index contributed by atoms with van der Waals surface area (Å²) in [7, 11) is 0. The predicted molar refractivity (Wildman–Crippen MR) is 50.3 cm³/mol. The van der Waals surface area contributed by atoms with Crippen molar-refractivity contribution >= 4 is 5.91 Å². The summed E-state index contributed by atoms with van der Waals surface area (Å²) in [5, 5.41) is 0. The molecule has 76 valence electrons. The minimum Gasteiger partial charge on any atom is -0.493 e. The first-order valence-corrected chi connectivity index (χ1v) is 4.27. The molecule has 0 fully saturated rings. The maximum Gasteiger partial charge on any atom is 0.223 e. The third-order valence-corrected chi connectivity index (χ3v) is 1.80. The molecule has 0 aromatic heterocycles. The smallest absolute Gasteiger partial charge is 0.223 e. The van der Waals surface area contributed by atoms with Crippen LogP contribution in [0.4, 0.5) is 4.39 Å². The summed E-state index contributed by atoms with van der Waals surface area (Å²) in [4.78, 5) is 10.7. The van der Waals surface area contributed by atoms with Crippen LogP contribution in [0.25, 0.3) is 0 Å². The topological polar surface area (TPSA) is 52.3 Å². The maximum absolute atomic E-state index is 12.5. The fourth-order valence-electron chi connectivity index (χ4n) is 0.834. The highest BCUT2D eigenvalue weighted by Gasteiger charge is 2.08. The van der Waals surface area contributed by atoms with Crippen LogP contribution < -0.4 is 10.5 Å². The average Bonchev–Trinajstić information content (AvgIpc) is 2.16. The fraction of sp³-hybridized carbons (Fsp3) is 0.300. The standard InChI is InChI=1S/C10H12FNO2/c1-7(10(12)13)6-14-9-4-2-8(11)3-5-9/h2-5,7H,6H2,1H3,(H2,12,13). The first-order chi connectivity index (χ1) is 6.59. The number of benzene rings is 1. The van der Waals surface area contributed by atoms with Crippen LogP contribution in [0.15, 0.2) is 24.3 Å². The van der Waals surface area contributed by atoms with E-state index in [-0.39, 0.29) is 18.3 Å². The Hall–Kier alpha value is -1.58. The van der Waals surface area contributed by atoms with E-state index in [2.05, 4.69) is 0 Å². The van der Waals surface area contributed by atoms with E-state index < -0.39 is 5.91 Å². The van der Waals surface area contributed by atoms with Gasteiger partial charge in [0.15, 0.2) is 0 Å². The van der Waals surface area contributed by atoms with Gasteiger partial charge < -0.3 is 10.5 Å². The summed E-state index contributed by atoms with van der Waals surface area (Å²) in [5.74, 6) is -0.549. The van der Waals surface area contributed by atoms with E-state index in [1.165, 1.54) is 24.3 Å². The molecule has 0 heterocycles. The Morgan fingerprint density at radius 1 is 1.50 bits per heavy atom. The summed E-state index contributed by atoms with van der Waals surface area (Å²) in [6, 6.07) is 5.60. The number of hydrogen-bond acceptors (Lipinski definition) is 2. The number of nitrogens with two attached hydrogens (primary N) is 1. The van der Waals surface area contributed by atoms with Crippen LogP contribution in [-0.2, 0) is 4.79 Å². The zero-order valence-corrected chi connectivity index (χ0v) is 7.87. The van der Waals surface area contributed by atoms with Gasteiger partial charge in [-0.3, -0.25) is 4.79 Å².